The van der Waals surface area contributed by atoms with E-state index in [-0.39, 0.29) is 0 Å². The van der Waals surface area contributed by atoms with Gasteiger partial charge in [0.2, 0.25) is 0 Å². The number of benzene rings is 1. The van der Waals surface area contributed by atoms with E-state index in [1.54, 1.807) is 0 Å². The molecule has 2 rings (SSSR count). The zero-order valence-corrected chi connectivity index (χ0v) is 14.4. The Labute approximate surface area is 130 Å². The molecule has 118 valence electrons. The average molecular weight is 288 g/mol. The highest BCUT2D eigenvalue weighted by Crippen LogP contribution is 2.29. The molecule has 1 aliphatic rings. The predicted octanol–water partition coefficient (Wildman–Crippen LogP) is 4.83. The normalized spacial score (nSPS) is 20.8. The first-order valence-corrected chi connectivity index (χ1v) is 8.56. The Morgan fingerprint density at radius 1 is 1.05 bits per heavy atom. The Morgan fingerprint density at radius 2 is 1.81 bits per heavy atom. The standard InChI is InChI=1S/C19H32N2/c1-14(2)16-8-9-19(18(13-16)15(3)4)20-17-7-6-11-21(5)12-10-17/h8-9,13-15,17,20H,6-7,10-12H2,1-5H3. The van der Waals surface area contributed by atoms with Gasteiger partial charge >= 0.3 is 0 Å². The van der Waals surface area contributed by atoms with E-state index in [0.717, 1.165) is 0 Å². The van der Waals surface area contributed by atoms with E-state index in [4.69, 9.17) is 0 Å². The number of hydrogen-bond acceptors (Lipinski definition) is 2. The van der Waals surface area contributed by atoms with Gasteiger partial charge in [-0.3, -0.25) is 0 Å². The molecule has 1 unspecified atom stereocenters. The second-order valence-electron chi connectivity index (χ2n) is 7.23. The van der Waals surface area contributed by atoms with Crippen LogP contribution in [0.15, 0.2) is 18.2 Å². The van der Waals surface area contributed by atoms with Gasteiger partial charge < -0.3 is 10.2 Å². The van der Waals surface area contributed by atoms with Gasteiger partial charge in [0, 0.05) is 11.7 Å². The van der Waals surface area contributed by atoms with Crippen molar-refractivity contribution in [3.05, 3.63) is 29.3 Å². The van der Waals surface area contributed by atoms with E-state index in [1.807, 2.05) is 0 Å². The quantitative estimate of drug-likeness (QED) is 0.853. The molecule has 0 bridgehead atoms. The number of nitrogens with zero attached hydrogens (tertiary/aromatic N) is 1. The summed E-state index contributed by atoms with van der Waals surface area (Å²) >= 11 is 0. The Balaban J connectivity index is 2.15. The Hall–Kier alpha value is -1.02. The van der Waals surface area contributed by atoms with E-state index < -0.39 is 0 Å². The molecule has 0 spiro atoms. The summed E-state index contributed by atoms with van der Waals surface area (Å²) in [5.74, 6) is 1.17. The van der Waals surface area contributed by atoms with E-state index >= 15 is 0 Å². The van der Waals surface area contributed by atoms with Crippen molar-refractivity contribution in [3.63, 3.8) is 0 Å². The Morgan fingerprint density at radius 3 is 2.48 bits per heavy atom. The summed E-state index contributed by atoms with van der Waals surface area (Å²) in [6, 6.07) is 7.62. The van der Waals surface area contributed by atoms with E-state index in [1.165, 1.54) is 49.2 Å². The number of anilines is 1. The van der Waals surface area contributed by atoms with Gasteiger partial charge in [-0.1, -0.05) is 39.8 Å². The number of hydrogen-bond donors (Lipinski definition) is 1. The second-order valence-corrected chi connectivity index (χ2v) is 7.23. The third-order valence-electron chi connectivity index (χ3n) is 4.68. The molecule has 0 aromatic heterocycles. The highest BCUT2D eigenvalue weighted by molar-refractivity contribution is 5.55. The van der Waals surface area contributed by atoms with Crippen LogP contribution in [0.5, 0.6) is 0 Å². The van der Waals surface area contributed by atoms with Crippen LogP contribution in [0.1, 0.15) is 69.9 Å². The molecule has 0 aliphatic carbocycles. The van der Waals surface area contributed by atoms with Crippen molar-refractivity contribution in [3.8, 4) is 0 Å². The van der Waals surface area contributed by atoms with Gasteiger partial charge in [0.05, 0.1) is 0 Å². The van der Waals surface area contributed by atoms with Crippen LogP contribution in [0, 0.1) is 0 Å². The van der Waals surface area contributed by atoms with Crippen molar-refractivity contribution in [2.45, 2.75) is 64.8 Å². The lowest BCUT2D eigenvalue weighted by atomic mass is 9.93. The van der Waals surface area contributed by atoms with Crippen LogP contribution in [0.3, 0.4) is 0 Å². The zero-order chi connectivity index (χ0) is 15.4. The van der Waals surface area contributed by atoms with Gasteiger partial charge in [0.15, 0.2) is 0 Å². The van der Waals surface area contributed by atoms with Gasteiger partial charge in [0.25, 0.3) is 0 Å². The fraction of sp³-hybridized carbons (Fsp3) is 0.684. The maximum absolute atomic E-state index is 3.83. The van der Waals surface area contributed by atoms with Gasteiger partial charge in [-0.2, -0.15) is 0 Å². The van der Waals surface area contributed by atoms with Crippen molar-refractivity contribution in [1.29, 1.82) is 0 Å². The molecule has 1 fully saturated rings. The first kappa shape index (κ1) is 16.4. The van der Waals surface area contributed by atoms with Crippen molar-refractivity contribution in [2.75, 3.05) is 25.5 Å². The van der Waals surface area contributed by atoms with Crippen molar-refractivity contribution in [2.24, 2.45) is 0 Å². The minimum Gasteiger partial charge on any atom is -0.382 e. The first-order valence-electron chi connectivity index (χ1n) is 8.56. The van der Waals surface area contributed by atoms with Crippen molar-refractivity contribution in [1.82, 2.24) is 4.90 Å². The summed E-state index contributed by atoms with van der Waals surface area (Å²) in [6.45, 7) is 11.6. The highest BCUT2D eigenvalue weighted by Gasteiger charge is 2.17. The van der Waals surface area contributed by atoms with Crippen LogP contribution in [0.2, 0.25) is 0 Å². The fourth-order valence-electron chi connectivity index (χ4n) is 3.15. The van der Waals surface area contributed by atoms with Crippen LogP contribution in [0.4, 0.5) is 5.69 Å². The Kier molecular flexibility index (Phi) is 5.69. The second kappa shape index (κ2) is 7.31. The fourth-order valence-corrected chi connectivity index (χ4v) is 3.15. The van der Waals surface area contributed by atoms with Crippen LogP contribution in [-0.4, -0.2) is 31.1 Å². The topological polar surface area (TPSA) is 15.3 Å². The molecule has 2 nitrogen and oxygen atoms in total. The predicted molar refractivity (Wildman–Crippen MR) is 93.4 cm³/mol. The smallest absolute Gasteiger partial charge is 0.0377 e. The lowest BCUT2D eigenvalue weighted by molar-refractivity contribution is 0.348. The molecule has 1 heterocycles. The lowest BCUT2D eigenvalue weighted by Gasteiger charge is -2.23. The van der Waals surface area contributed by atoms with Gasteiger partial charge in [-0.25, -0.2) is 0 Å². The maximum Gasteiger partial charge on any atom is 0.0377 e. The van der Waals surface area contributed by atoms with Gasteiger partial charge in [0.1, 0.15) is 0 Å². The molecular formula is C19H32N2. The average Bonchev–Trinajstić information content (AvgIpc) is 2.63. The van der Waals surface area contributed by atoms with Crippen molar-refractivity contribution >= 4 is 5.69 Å². The Bertz CT molecular complexity index is 451. The monoisotopic (exact) mass is 288 g/mol. The molecule has 0 saturated carbocycles. The molecule has 1 saturated heterocycles. The third-order valence-corrected chi connectivity index (χ3v) is 4.68. The summed E-state index contributed by atoms with van der Waals surface area (Å²) in [6.07, 6.45) is 3.84. The van der Waals surface area contributed by atoms with Crippen LogP contribution >= 0.6 is 0 Å². The molecule has 1 atom stereocenters. The van der Waals surface area contributed by atoms with Gasteiger partial charge in [-0.05, 0) is 68.4 Å². The SMILES string of the molecule is CC(C)c1ccc(NC2CCCN(C)CC2)c(C(C)C)c1. The van der Waals surface area contributed by atoms with E-state index in [2.05, 4.69) is 63.2 Å². The molecule has 1 aromatic rings. The molecule has 1 aliphatic heterocycles. The highest BCUT2D eigenvalue weighted by atomic mass is 15.1. The molecule has 0 amide bonds. The molecule has 2 heteroatoms. The lowest BCUT2D eigenvalue weighted by Crippen LogP contribution is -2.23. The summed E-state index contributed by atoms with van der Waals surface area (Å²) in [4.78, 5) is 2.45. The molecule has 0 radical (unpaired) electrons. The number of rotatable bonds is 4. The molecule has 1 N–H and O–H groups in total. The third kappa shape index (κ3) is 4.47. The van der Waals surface area contributed by atoms with Gasteiger partial charge in [-0.15, -0.1) is 0 Å². The van der Waals surface area contributed by atoms with Crippen LogP contribution in [-0.2, 0) is 0 Å². The summed E-state index contributed by atoms with van der Waals surface area (Å²) < 4.78 is 0. The zero-order valence-electron chi connectivity index (χ0n) is 14.4. The summed E-state index contributed by atoms with van der Waals surface area (Å²) in [5, 5.41) is 3.83. The molecule has 21 heavy (non-hydrogen) atoms. The minimum absolute atomic E-state index is 0.569. The largest absolute Gasteiger partial charge is 0.382 e. The van der Waals surface area contributed by atoms with E-state index in [9.17, 15) is 0 Å². The number of nitrogens with one attached hydrogen (secondary N) is 1. The maximum atomic E-state index is 3.83. The molecule has 1 aromatic carbocycles. The van der Waals surface area contributed by atoms with Crippen LogP contribution in [0.25, 0.3) is 0 Å². The summed E-state index contributed by atoms with van der Waals surface area (Å²) in [5.41, 5.74) is 4.27. The van der Waals surface area contributed by atoms with Crippen molar-refractivity contribution < 1.29 is 0 Å². The minimum atomic E-state index is 0.569. The first-order chi connectivity index (χ1) is 9.97. The number of likely N-dealkylation sites (tertiary alicyclic amines) is 1. The molecular weight excluding hydrogens is 256 g/mol. The summed E-state index contributed by atoms with van der Waals surface area (Å²) in [7, 11) is 2.24. The van der Waals surface area contributed by atoms with Crippen LogP contribution < -0.4 is 5.32 Å². The van der Waals surface area contributed by atoms with E-state index in [0.29, 0.717) is 17.9 Å².